The van der Waals surface area contributed by atoms with Gasteiger partial charge in [-0.3, -0.25) is 0 Å². The van der Waals surface area contributed by atoms with Gasteiger partial charge in [0.25, 0.3) is 0 Å². The zero-order valence-electron chi connectivity index (χ0n) is 33.5. The first-order chi connectivity index (χ1) is 32.8. The van der Waals surface area contributed by atoms with E-state index in [2.05, 4.69) is 34.9 Å². The number of aromatic nitrogens is 8. The van der Waals surface area contributed by atoms with Crippen molar-refractivity contribution in [3.8, 4) is 45.6 Å². The van der Waals surface area contributed by atoms with Crippen molar-refractivity contribution >= 4 is 61.9 Å². The quantitative estimate of drug-likeness (QED) is 0.0570. The number of halogens is 15. The molecule has 0 radical (unpaired) electrons. The molecule has 0 saturated carbocycles. The second kappa shape index (κ2) is 16.2. The molecule has 26 heteroatoms. The number of ether oxygens (including phenoxy) is 1. The van der Waals surface area contributed by atoms with Crippen molar-refractivity contribution in [3.63, 3.8) is 0 Å². The fraction of sp³-hybridized carbons (Fsp3) is 0.0930. The number of hydrogen-bond acceptors (Lipinski definition) is 9. The summed E-state index contributed by atoms with van der Waals surface area (Å²) in [6, 6.07) is 5.15. The molecule has 8 aromatic rings. The van der Waals surface area contributed by atoms with E-state index in [-0.39, 0.29) is 23.1 Å². The van der Waals surface area contributed by atoms with Gasteiger partial charge in [0.1, 0.15) is 11.3 Å². The molecule has 3 aromatic heterocycles. The highest BCUT2D eigenvalue weighted by Crippen LogP contribution is 2.46. The highest BCUT2D eigenvalue weighted by molar-refractivity contribution is 7.99. The van der Waals surface area contributed by atoms with Crippen LogP contribution in [0.25, 0.3) is 89.7 Å². The van der Waals surface area contributed by atoms with Gasteiger partial charge in [-0.05, 0) is 36.8 Å². The van der Waals surface area contributed by atoms with E-state index in [1.165, 1.54) is 24.3 Å². The Morgan fingerprint density at radius 3 is 1.62 bits per heavy atom. The number of benzene rings is 5. The lowest BCUT2D eigenvalue weighted by Gasteiger charge is -2.09. The van der Waals surface area contributed by atoms with Crippen molar-refractivity contribution in [2.24, 2.45) is 0 Å². The van der Waals surface area contributed by atoms with E-state index in [9.17, 15) is 31.1 Å². The molecule has 0 unspecified atom stereocenters. The lowest BCUT2D eigenvalue weighted by Crippen LogP contribution is -2.06. The molecule has 2 aliphatic rings. The smallest absolute Gasteiger partial charge is 0.338 e. The zero-order valence-corrected chi connectivity index (χ0v) is 34.3. The lowest BCUT2D eigenvalue weighted by atomic mass is 10.1. The van der Waals surface area contributed by atoms with E-state index in [1.54, 1.807) is 0 Å². The number of esters is 1. The average molecular weight is 993 g/mol. The van der Waals surface area contributed by atoms with Gasteiger partial charge in [0.15, 0.2) is 116 Å². The van der Waals surface area contributed by atoms with Crippen LogP contribution in [0.3, 0.4) is 0 Å². The van der Waals surface area contributed by atoms with Crippen LogP contribution in [-0.4, -0.2) is 52.3 Å². The van der Waals surface area contributed by atoms with Crippen LogP contribution in [0, 0.1) is 81.4 Å². The van der Waals surface area contributed by atoms with E-state index >= 15 is 39.6 Å². The largest absolute Gasteiger partial charge is 0.462 e. The van der Waals surface area contributed by atoms with Crippen molar-refractivity contribution in [1.82, 2.24) is 39.7 Å². The number of H-pyrrole nitrogens is 1. The number of nitrogens with zero attached hydrogens (tertiary/aromatic N) is 7. The third kappa shape index (κ3) is 6.65. The Bertz CT molecular complexity index is 3830. The third-order valence-corrected chi connectivity index (χ3v) is 11.8. The van der Waals surface area contributed by atoms with E-state index in [1.807, 2.05) is 6.92 Å². The van der Waals surface area contributed by atoms with Crippen molar-refractivity contribution in [2.45, 2.75) is 29.6 Å². The molecule has 350 valence electrons. The maximum Gasteiger partial charge on any atom is 0.338 e. The summed E-state index contributed by atoms with van der Waals surface area (Å²) in [5.74, 6) is -38.5. The summed E-state index contributed by atoms with van der Waals surface area (Å²) in [6.07, 6.45) is 1.24. The molecular weight excluding hydrogens is 978 g/mol. The molecule has 0 amide bonds. The summed E-state index contributed by atoms with van der Waals surface area (Å²) in [5, 5.41) is -5.37. The van der Waals surface area contributed by atoms with Gasteiger partial charge in [-0.1, -0.05) is 29.6 Å². The zero-order chi connectivity index (χ0) is 49.2. The van der Waals surface area contributed by atoms with Gasteiger partial charge in [-0.15, -0.1) is 4.79 Å². The molecule has 0 spiro atoms. The van der Waals surface area contributed by atoms with Gasteiger partial charge in [0.2, 0.25) is 0 Å². The van der Waals surface area contributed by atoms with Crippen molar-refractivity contribution in [1.29, 1.82) is 0 Å². The fourth-order valence-electron chi connectivity index (χ4n) is 7.52. The maximum absolute atomic E-state index is 16.6. The molecule has 69 heavy (non-hydrogen) atoms. The molecule has 5 heterocycles. The number of nitrogens with one attached hydrogen (secondary N) is 1. The summed E-state index contributed by atoms with van der Waals surface area (Å²) >= 11 is 0.337. The highest BCUT2D eigenvalue weighted by Gasteiger charge is 2.37. The Balaban J connectivity index is 1.39. The second-order valence-corrected chi connectivity index (χ2v) is 15.9. The predicted octanol–water partition coefficient (Wildman–Crippen LogP) is 12.1. The Morgan fingerprint density at radius 2 is 1.03 bits per heavy atom. The first kappa shape index (κ1) is 45.0. The van der Waals surface area contributed by atoms with Gasteiger partial charge in [0.05, 0.1) is 49.9 Å². The molecule has 0 atom stereocenters. The predicted molar refractivity (Wildman–Crippen MR) is 211 cm³/mol. The monoisotopic (exact) mass is 992 g/mol. The molecular formula is C43H15F15N8O2S. The first-order valence-electron chi connectivity index (χ1n) is 19.4. The van der Waals surface area contributed by atoms with Crippen LogP contribution >= 0.6 is 11.8 Å². The Morgan fingerprint density at radius 1 is 0.551 bits per heavy atom. The molecule has 10 rings (SSSR count). The lowest BCUT2D eigenvalue weighted by molar-refractivity contribution is 0.0499. The molecule has 8 bridgehead atoms. The normalized spacial score (nSPS) is 12.1. The van der Waals surface area contributed by atoms with Gasteiger partial charge in [-0.25, -0.2) is 96.2 Å². The van der Waals surface area contributed by atoms with Crippen molar-refractivity contribution in [3.05, 3.63) is 117 Å². The number of carbonyl (C=O) groups is 1. The van der Waals surface area contributed by atoms with Crippen LogP contribution in [0.5, 0.6) is 0 Å². The molecule has 0 saturated heterocycles. The minimum absolute atomic E-state index is 0.00134. The summed E-state index contributed by atoms with van der Waals surface area (Å²) < 4.78 is 238. The number of fused-ring (bicyclic) bond motifs is 20. The Hall–Kier alpha value is -7.77. The van der Waals surface area contributed by atoms with Crippen LogP contribution < -0.4 is 0 Å². The topological polar surface area (TPSA) is 124 Å². The van der Waals surface area contributed by atoms with Crippen LogP contribution in [0.2, 0.25) is 0 Å². The number of aromatic amines is 1. The Kier molecular flexibility index (Phi) is 10.6. The third-order valence-electron chi connectivity index (χ3n) is 10.7. The van der Waals surface area contributed by atoms with Gasteiger partial charge in [-0.2, -0.15) is 0 Å². The van der Waals surface area contributed by atoms with Gasteiger partial charge >= 0.3 is 5.97 Å². The second-order valence-electron chi connectivity index (χ2n) is 14.8. The minimum Gasteiger partial charge on any atom is -0.462 e. The van der Waals surface area contributed by atoms with Crippen molar-refractivity contribution in [2.75, 3.05) is 6.61 Å². The van der Waals surface area contributed by atoms with Crippen LogP contribution in [-0.2, 0) is 4.74 Å². The SMILES string of the molecule is CCCCOC(=O)c1ccc(Sc2c(F)c(F)c(F)c3c4nc5nc(nc6c7c(F)c(F)c(F)c(F)c7c(nc7nc(nc([nH]4)c23)-c2cc(F)c(F)c(F)c2-7)n6F)-c2c(F)c(F)c(F)c(F)c2-5)cc1. The molecule has 1 N–H and O–H groups in total. The standard InChI is InChI=1S/C43H15F15N8O2S/c1-2-3-8-68-43(67)10-4-6-11(7-5-10)69-34-20-17(25(49)32(56)33(34)57)38-61-37-15-16(24(48)29(53)28(52)23(15)47)39(62-37)65-42-19-18(26(50)30(54)31(55)27(19)51)41(66(42)58)64-36-14-12(9-13(44)21(45)22(14)46)35(59-36)60-40(20)63-38/h4-7,9H,2-3,8H2,1H3,(H,59,60,61,62,63,64,65). The van der Waals surface area contributed by atoms with E-state index in [0.717, 1.165) is 0 Å². The van der Waals surface area contributed by atoms with Crippen LogP contribution in [0.15, 0.2) is 40.1 Å². The highest BCUT2D eigenvalue weighted by atomic mass is 32.2. The summed E-state index contributed by atoms with van der Waals surface area (Å²) in [6.45, 7) is 1.93. The Labute approximate surface area is 375 Å². The molecule has 2 aliphatic heterocycles. The van der Waals surface area contributed by atoms with Crippen molar-refractivity contribution < 1.29 is 75.5 Å². The van der Waals surface area contributed by atoms with Gasteiger partial charge < -0.3 is 9.72 Å². The number of hydrogen-bond donors (Lipinski definition) is 1. The van der Waals surface area contributed by atoms with Crippen LogP contribution in [0.4, 0.5) is 65.9 Å². The van der Waals surface area contributed by atoms with E-state index in [4.69, 9.17) is 4.74 Å². The molecule has 0 aliphatic carbocycles. The van der Waals surface area contributed by atoms with E-state index < -0.39 is 187 Å². The van der Waals surface area contributed by atoms with E-state index in [0.29, 0.717) is 24.6 Å². The number of unbranched alkanes of at least 4 members (excludes halogenated alkanes) is 1. The summed E-state index contributed by atoms with van der Waals surface area (Å²) in [4.78, 5) is 35.5. The summed E-state index contributed by atoms with van der Waals surface area (Å²) in [5.41, 5.74) is -10.7. The molecule has 5 aromatic carbocycles. The van der Waals surface area contributed by atoms with Gasteiger partial charge in [0, 0.05) is 15.8 Å². The first-order valence-corrected chi connectivity index (χ1v) is 20.2. The molecule has 10 nitrogen and oxygen atoms in total. The maximum atomic E-state index is 16.6. The number of rotatable bonds is 6. The average Bonchev–Trinajstić information content (AvgIpc) is 4.05. The molecule has 0 fully saturated rings. The minimum atomic E-state index is -2.63. The fourth-order valence-corrected chi connectivity index (χ4v) is 8.50. The van der Waals surface area contributed by atoms with Crippen LogP contribution in [0.1, 0.15) is 30.1 Å². The number of carbonyl (C=O) groups excluding carboxylic acids is 1. The summed E-state index contributed by atoms with van der Waals surface area (Å²) in [7, 11) is 0.